The predicted octanol–water partition coefficient (Wildman–Crippen LogP) is 3.47. The Morgan fingerprint density at radius 1 is 1.43 bits per heavy atom. The van der Waals surface area contributed by atoms with Crippen LogP contribution in [0.2, 0.25) is 5.02 Å². The van der Waals surface area contributed by atoms with E-state index in [1.165, 1.54) is 35.6 Å². The zero-order valence-electron chi connectivity index (χ0n) is 11.1. The van der Waals surface area contributed by atoms with E-state index in [2.05, 4.69) is 10.3 Å². The number of fused-ring (bicyclic) bond motifs is 1. The molecule has 0 saturated carbocycles. The first-order chi connectivity index (χ1) is 10.0. The predicted molar refractivity (Wildman–Crippen MR) is 82.8 cm³/mol. The number of hydrogen-bond acceptors (Lipinski definition) is 4. The number of anilines is 1. The molecule has 2 aromatic heterocycles. The highest BCUT2D eigenvalue weighted by Crippen LogP contribution is 2.20. The standard InChI is InChI=1S/C14H11ClFN3OS/c1-8-7-21-14-18-10(5-13(20)19(8)14)6-17-12-4-9(15)2-3-11(12)16/h2-5,7,17H,6H2,1H3. The molecule has 3 aromatic rings. The third-order valence-corrected chi connectivity index (χ3v) is 4.20. The van der Waals surface area contributed by atoms with Crippen LogP contribution < -0.4 is 10.9 Å². The Labute approximate surface area is 128 Å². The van der Waals surface area contributed by atoms with Crippen molar-refractivity contribution in [2.75, 3.05) is 5.32 Å². The van der Waals surface area contributed by atoms with Crippen molar-refractivity contribution in [3.8, 4) is 0 Å². The van der Waals surface area contributed by atoms with Crippen LogP contribution in [0.3, 0.4) is 0 Å². The Morgan fingerprint density at radius 2 is 2.24 bits per heavy atom. The van der Waals surface area contributed by atoms with E-state index in [0.29, 0.717) is 15.7 Å². The molecule has 0 amide bonds. The van der Waals surface area contributed by atoms with Crippen molar-refractivity contribution in [2.45, 2.75) is 13.5 Å². The van der Waals surface area contributed by atoms with Crippen molar-refractivity contribution < 1.29 is 4.39 Å². The molecule has 0 aliphatic rings. The number of aryl methyl sites for hydroxylation is 1. The van der Waals surface area contributed by atoms with Crippen LogP contribution in [0.25, 0.3) is 4.96 Å². The van der Waals surface area contributed by atoms with Gasteiger partial charge in [0.15, 0.2) is 4.96 Å². The zero-order valence-corrected chi connectivity index (χ0v) is 12.6. The van der Waals surface area contributed by atoms with Crippen LogP contribution in [0.5, 0.6) is 0 Å². The lowest BCUT2D eigenvalue weighted by Gasteiger charge is -2.07. The van der Waals surface area contributed by atoms with E-state index in [-0.39, 0.29) is 17.8 Å². The van der Waals surface area contributed by atoms with Crippen molar-refractivity contribution >= 4 is 33.6 Å². The molecule has 1 aromatic carbocycles. The first-order valence-electron chi connectivity index (χ1n) is 6.20. The highest BCUT2D eigenvalue weighted by molar-refractivity contribution is 7.15. The number of benzene rings is 1. The van der Waals surface area contributed by atoms with Crippen molar-refractivity contribution in [2.24, 2.45) is 0 Å². The highest BCUT2D eigenvalue weighted by atomic mass is 35.5. The second-order valence-electron chi connectivity index (χ2n) is 4.56. The number of aromatic nitrogens is 2. The Bertz CT molecular complexity index is 874. The van der Waals surface area contributed by atoms with Gasteiger partial charge in [-0.2, -0.15) is 0 Å². The minimum atomic E-state index is -0.399. The van der Waals surface area contributed by atoms with Gasteiger partial charge in [-0.25, -0.2) is 9.37 Å². The Hall–Kier alpha value is -1.92. The molecule has 7 heteroatoms. The molecule has 0 spiro atoms. The van der Waals surface area contributed by atoms with Crippen LogP contribution in [0.15, 0.2) is 34.4 Å². The van der Waals surface area contributed by atoms with Crippen LogP contribution in [-0.2, 0) is 6.54 Å². The topological polar surface area (TPSA) is 46.4 Å². The largest absolute Gasteiger partial charge is 0.377 e. The van der Waals surface area contributed by atoms with Gasteiger partial charge in [0.2, 0.25) is 0 Å². The molecule has 108 valence electrons. The molecule has 0 saturated heterocycles. The fraction of sp³-hybridized carbons (Fsp3) is 0.143. The highest BCUT2D eigenvalue weighted by Gasteiger charge is 2.08. The number of hydrogen-bond donors (Lipinski definition) is 1. The van der Waals surface area contributed by atoms with Gasteiger partial charge in [-0.1, -0.05) is 11.6 Å². The van der Waals surface area contributed by atoms with E-state index in [0.717, 1.165) is 5.69 Å². The van der Waals surface area contributed by atoms with Gasteiger partial charge in [-0.05, 0) is 25.1 Å². The van der Waals surface area contributed by atoms with Gasteiger partial charge >= 0.3 is 0 Å². The van der Waals surface area contributed by atoms with Gasteiger partial charge in [0.1, 0.15) is 5.82 Å². The third-order valence-electron chi connectivity index (χ3n) is 3.02. The normalized spacial score (nSPS) is 11.0. The summed E-state index contributed by atoms with van der Waals surface area (Å²) in [7, 11) is 0. The molecule has 0 bridgehead atoms. The first kappa shape index (κ1) is 14.0. The Balaban J connectivity index is 1.88. The van der Waals surface area contributed by atoms with Gasteiger partial charge in [0.25, 0.3) is 5.56 Å². The lowest BCUT2D eigenvalue weighted by Crippen LogP contribution is -2.16. The van der Waals surface area contributed by atoms with Crippen LogP contribution in [0, 0.1) is 12.7 Å². The Morgan fingerprint density at radius 3 is 3.05 bits per heavy atom. The lowest BCUT2D eigenvalue weighted by molar-refractivity contribution is 0.630. The summed E-state index contributed by atoms with van der Waals surface area (Å²) >= 11 is 7.23. The summed E-state index contributed by atoms with van der Waals surface area (Å²) in [6.45, 7) is 2.10. The van der Waals surface area contributed by atoms with Gasteiger partial charge < -0.3 is 5.32 Å². The number of halogens is 2. The lowest BCUT2D eigenvalue weighted by atomic mass is 10.3. The fourth-order valence-corrected chi connectivity index (χ4v) is 3.07. The molecule has 0 fully saturated rings. The smallest absolute Gasteiger partial charge is 0.259 e. The summed E-state index contributed by atoms with van der Waals surface area (Å²) in [5.74, 6) is -0.399. The molecule has 0 aliphatic carbocycles. The van der Waals surface area contributed by atoms with E-state index >= 15 is 0 Å². The van der Waals surface area contributed by atoms with Crippen LogP contribution in [0.4, 0.5) is 10.1 Å². The minimum absolute atomic E-state index is 0.137. The summed E-state index contributed by atoms with van der Waals surface area (Å²) in [4.78, 5) is 17.0. The van der Waals surface area contributed by atoms with Gasteiger partial charge in [0.05, 0.1) is 17.9 Å². The quantitative estimate of drug-likeness (QED) is 0.803. The SMILES string of the molecule is Cc1csc2nc(CNc3cc(Cl)ccc3F)cc(=O)n12. The molecule has 21 heavy (non-hydrogen) atoms. The number of nitrogens with zero attached hydrogens (tertiary/aromatic N) is 2. The molecule has 4 nitrogen and oxygen atoms in total. The van der Waals surface area contributed by atoms with Crippen molar-refractivity contribution in [1.82, 2.24) is 9.38 Å². The van der Waals surface area contributed by atoms with E-state index in [4.69, 9.17) is 11.6 Å². The maximum atomic E-state index is 13.6. The summed E-state index contributed by atoms with van der Waals surface area (Å²) < 4.78 is 15.2. The molecular weight excluding hydrogens is 313 g/mol. The van der Waals surface area contributed by atoms with Crippen LogP contribution in [0.1, 0.15) is 11.4 Å². The Kier molecular flexibility index (Phi) is 3.65. The molecular formula is C14H11ClFN3OS. The average Bonchev–Trinajstić information content (AvgIpc) is 2.82. The molecule has 0 unspecified atom stereocenters. The zero-order chi connectivity index (χ0) is 15.0. The number of rotatable bonds is 3. The first-order valence-corrected chi connectivity index (χ1v) is 7.46. The second kappa shape index (κ2) is 5.46. The third kappa shape index (κ3) is 2.77. The van der Waals surface area contributed by atoms with Gasteiger partial charge in [-0.15, -0.1) is 11.3 Å². The monoisotopic (exact) mass is 323 g/mol. The molecule has 3 rings (SSSR count). The number of nitrogens with one attached hydrogen (secondary N) is 1. The summed E-state index contributed by atoms with van der Waals surface area (Å²) in [6.07, 6.45) is 0. The molecule has 1 N–H and O–H groups in total. The summed E-state index contributed by atoms with van der Waals surface area (Å²) in [5.41, 5.74) is 1.56. The number of thiazole rings is 1. The molecule has 0 aliphatic heterocycles. The van der Waals surface area contributed by atoms with Crippen molar-refractivity contribution in [1.29, 1.82) is 0 Å². The average molecular weight is 324 g/mol. The maximum absolute atomic E-state index is 13.6. The van der Waals surface area contributed by atoms with E-state index < -0.39 is 5.82 Å². The maximum Gasteiger partial charge on any atom is 0.259 e. The van der Waals surface area contributed by atoms with Crippen molar-refractivity contribution in [3.63, 3.8) is 0 Å². The summed E-state index contributed by atoms with van der Waals surface area (Å²) in [5, 5.41) is 5.22. The van der Waals surface area contributed by atoms with Crippen LogP contribution >= 0.6 is 22.9 Å². The molecule has 0 radical (unpaired) electrons. The van der Waals surface area contributed by atoms with Gasteiger partial charge in [-0.3, -0.25) is 9.20 Å². The molecule has 0 atom stereocenters. The molecule has 2 heterocycles. The minimum Gasteiger partial charge on any atom is -0.377 e. The van der Waals surface area contributed by atoms with E-state index in [1.807, 2.05) is 12.3 Å². The van der Waals surface area contributed by atoms with E-state index in [1.54, 1.807) is 4.40 Å². The van der Waals surface area contributed by atoms with Crippen LogP contribution in [-0.4, -0.2) is 9.38 Å². The fourth-order valence-electron chi connectivity index (χ4n) is 2.01. The van der Waals surface area contributed by atoms with Crippen molar-refractivity contribution in [3.05, 3.63) is 62.2 Å². The van der Waals surface area contributed by atoms with Gasteiger partial charge in [0, 0.05) is 22.2 Å². The summed E-state index contributed by atoms with van der Waals surface area (Å²) in [6, 6.07) is 5.71. The van der Waals surface area contributed by atoms with E-state index in [9.17, 15) is 9.18 Å². The second-order valence-corrected chi connectivity index (χ2v) is 5.83.